The number of thiophene rings is 1. The van der Waals surface area contributed by atoms with Crippen LogP contribution in [0.3, 0.4) is 0 Å². The van der Waals surface area contributed by atoms with Crippen LogP contribution in [-0.2, 0) is 4.79 Å². The molecule has 0 aliphatic heterocycles. The first-order valence-corrected chi connectivity index (χ1v) is 12.9. The lowest BCUT2D eigenvalue weighted by Crippen LogP contribution is -2.22. The van der Waals surface area contributed by atoms with Crippen LogP contribution in [0.15, 0.2) is 70.9 Å². The van der Waals surface area contributed by atoms with Gasteiger partial charge in [-0.05, 0) is 56.5 Å². The van der Waals surface area contributed by atoms with Crippen molar-refractivity contribution in [1.82, 2.24) is 4.98 Å². The van der Waals surface area contributed by atoms with Gasteiger partial charge in [-0.25, -0.2) is 4.98 Å². The fraction of sp³-hybridized carbons (Fsp3) is 0.160. The SMILES string of the molecule is Cc1ccc(-c2nc(NC(=O)C(C)Sc3ccc(NC(=O)c4cccs4)cc3)sc2C)cc1. The van der Waals surface area contributed by atoms with E-state index in [9.17, 15) is 9.59 Å². The minimum Gasteiger partial charge on any atom is -0.321 e. The van der Waals surface area contributed by atoms with Gasteiger partial charge in [0.15, 0.2) is 5.13 Å². The predicted octanol–water partition coefficient (Wildman–Crippen LogP) is 6.86. The molecule has 4 rings (SSSR count). The summed E-state index contributed by atoms with van der Waals surface area (Å²) in [6.45, 7) is 5.93. The molecule has 2 heterocycles. The fourth-order valence-corrected chi connectivity index (χ4v) is 5.44. The normalized spacial score (nSPS) is 11.7. The summed E-state index contributed by atoms with van der Waals surface area (Å²) < 4.78 is 0. The first kappa shape index (κ1) is 23.2. The van der Waals surface area contributed by atoms with Gasteiger partial charge in [0.1, 0.15) is 0 Å². The maximum Gasteiger partial charge on any atom is 0.265 e. The molecule has 5 nitrogen and oxygen atoms in total. The number of rotatable bonds is 7. The zero-order valence-electron chi connectivity index (χ0n) is 18.4. The Kier molecular flexibility index (Phi) is 7.27. The van der Waals surface area contributed by atoms with Gasteiger partial charge in [-0.2, -0.15) is 0 Å². The van der Waals surface area contributed by atoms with Crippen LogP contribution in [-0.4, -0.2) is 22.0 Å². The number of aryl methyl sites for hydroxylation is 2. The average Bonchev–Trinajstić information content (AvgIpc) is 3.46. The highest BCUT2D eigenvalue weighted by atomic mass is 32.2. The summed E-state index contributed by atoms with van der Waals surface area (Å²) in [5, 5.41) is 8.00. The average molecular weight is 494 g/mol. The first-order valence-electron chi connectivity index (χ1n) is 10.4. The quantitative estimate of drug-likeness (QED) is 0.276. The van der Waals surface area contributed by atoms with Gasteiger partial charge >= 0.3 is 0 Å². The first-order chi connectivity index (χ1) is 15.9. The zero-order chi connectivity index (χ0) is 23.4. The van der Waals surface area contributed by atoms with Crippen LogP contribution in [0.4, 0.5) is 10.8 Å². The number of nitrogens with one attached hydrogen (secondary N) is 2. The van der Waals surface area contributed by atoms with Gasteiger partial charge in [0.2, 0.25) is 5.91 Å². The Hall–Kier alpha value is -2.94. The number of anilines is 2. The predicted molar refractivity (Wildman–Crippen MR) is 140 cm³/mol. The van der Waals surface area contributed by atoms with E-state index in [4.69, 9.17) is 0 Å². The topological polar surface area (TPSA) is 71.1 Å². The van der Waals surface area contributed by atoms with E-state index in [1.807, 2.05) is 61.7 Å². The van der Waals surface area contributed by atoms with Crippen molar-refractivity contribution in [2.75, 3.05) is 10.6 Å². The summed E-state index contributed by atoms with van der Waals surface area (Å²) >= 11 is 4.34. The van der Waals surface area contributed by atoms with Crippen LogP contribution in [0.5, 0.6) is 0 Å². The van der Waals surface area contributed by atoms with Crippen LogP contribution in [0.2, 0.25) is 0 Å². The number of carbonyl (C=O) groups is 2. The highest BCUT2D eigenvalue weighted by molar-refractivity contribution is 8.00. The second-order valence-electron chi connectivity index (χ2n) is 7.49. The van der Waals surface area contributed by atoms with Gasteiger partial charge in [-0.1, -0.05) is 35.9 Å². The summed E-state index contributed by atoms with van der Waals surface area (Å²) in [7, 11) is 0. The maximum absolute atomic E-state index is 12.7. The van der Waals surface area contributed by atoms with Gasteiger partial charge in [0, 0.05) is 21.0 Å². The van der Waals surface area contributed by atoms with Gasteiger partial charge in [0.05, 0.1) is 15.8 Å². The smallest absolute Gasteiger partial charge is 0.265 e. The molecule has 2 aromatic heterocycles. The van der Waals surface area contributed by atoms with Gasteiger partial charge in [0.25, 0.3) is 5.91 Å². The zero-order valence-corrected chi connectivity index (χ0v) is 20.9. The van der Waals surface area contributed by atoms with Crippen LogP contribution in [0, 0.1) is 13.8 Å². The molecule has 2 aromatic carbocycles. The third-order valence-corrected chi connectivity index (χ3v) is 7.76. The number of aromatic nitrogens is 1. The van der Waals surface area contributed by atoms with Crippen molar-refractivity contribution in [2.45, 2.75) is 30.9 Å². The van der Waals surface area contributed by atoms with Crippen molar-refractivity contribution in [1.29, 1.82) is 0 Å². The third-order valence-electron chi connectivity index (χ3n) is 4.89. The van der Waals surface area contributed by atoms with E-state index >= 15 is 0 Å². The van der Waals surface area contributed by atoms with Crippen LogP contribution in [0.25, 0.3) is 11.3 Å². The third kappa shape index (κ3) is 5.90. The van der Waals surface area contributed by atoms with Crippen molar-refractivity contribution in [2.24, 2.45) is 0 Å². The standard InChI is InChI=1S/C25H23N3O2S3/c1-15-6-8-18(9-7-15)22-16(2)33-25(27-22)28-23(29)17(3)32-20-12-10-19(11-13-20)26-24(30)21-5-4-14-31-21/h4-14,17H,1-3H3,(H,26,30)(H,27,28,29). The Morgan fingerprint density at radius 2 is 1.70 bits per heavy atom. The van der Waals surface area contributed by atoms with Gasteiger partial charge < -0.3 is 10.6 Å². The van der Waals surface area contributed by atoms with Crippen molar-refractivity contribution in [3.8, 4) is 11.3 Å². The molecule has 4 aromatic rings. The van der Waals surface area contributed by atoms with Crippen molar-refractivity contribution < 1.29 is 9.59 Å². The minimum atomic E-state index is -0.302. The van der Waals surface area contributed by atoms with Crippen molar-refractivity contribution >= 4 is 57.1 Å². The molecular formula is C25H23N3O2S3. The molecule has 8 heteroatoms. The van der Waals surface area contributed by atoms with Crippen LogP contribution >= 0.6 is 34.4 Å². The second-order valence-corrected chi connectivity index (χ2v) is 11.1. The molecule has 2 N–H and O–H groups in total. The van der Waals surface area contributed by atoms with E-state index in [2.05, 4.69) is 34.7 Å². The van der Waals surface area contributed by atoms with Crippen LogP contribution in [0.1, 0.15) is 27.0 Å². The molecule has 0 radical (unpaired) electrons. The van der Waals surface area contributed by atoms with Crippen molar-refractivity contribution in [3.63, 3.8) is 0 Å². The monoisotopic (exact) mass is 493 g/mol. The van der Waals surface area contributed by atoms with Gasteiger partial charge in [-0.15, -0.1) is 34.4 Å². The summed E-state index contributed by atoms with van der Waals surface area (Å²) in [5.41, 5.74) is 3.86. The molecule has 0 bridgehead atoms. The Balaban J connectivity index is 1.34. The van der Waals surface area contributed by atoms with Gasteiger partial charge in [-0.3, -0.25) is 9.59 Å². The summed E-state index contributed by atoms with van der Waals surface area (Å²) in [6, 6.07) is 19.4. The number of amides is 2. The molecule has 0 spiro atoms. The molecule has 33 heavy (non-hydrogen) atoms. The minimum absolute atomic E-state index is 0.0979. The second kappa shape index (κ2) is 10.3. The van der Waals surface area contributed by atoms with E-state index in [1.165, 1.54) is 40.0 Å². The largest absolute Gasteiger partial charge is 0.321 e. The molecule has 168 valence electrons. The molecule has 0 aliphatic rings. The molecule has 0 saturated heterocycles. The molecule has 0 aliphatic carbocycles. The Morgan fingerprint density at radius 3 is 2.36 bits per heavy atom. The van der Waals surface area contributed by atoms with Crippen LogP contribution < -0.4 is 10.6 Å². The molecule has 1 unspecified atom stereocenters. The summed E-state index contributed by atoms with van der Waals surface area (Å²) in [4.78, 5) is 32.2. The van der Waals surface area contributed by atoms with Crippen molar-refractivity contribution in [3.05, 3.63) is 81.4 Å². The fourth-order valence-electron chi connectivity index (χ4n) is 3.11. The molecule has 2 amide bonds. The van der Waals surface area contributed by atoms with E-state index in [1.54, 1.807) is 6.07 Å². The number of hydrogen-bond acceptors (Lipinski definition) is 6. The lowest BCUT2D eigenvalue weighted by atomic mass is 10.1. The number of thiazole rings is 1. The Labute approximate surface area is 205 Å². The highest BCUT2D eigenvalue weighted by Gasteiger charge is 2.18. The highest BCUT2D eigenvalue weighted by Crippen LogP contribution is 2.32. The Bertz CT molecular complexity index is 1250. The molecule has 0 fully saturated rings. The van der Waals surface area contributed by atoms with E-state index in [-0.39, 0.29) is 17.1 Å². The lowest BCUT2D eigenvalue weighted by molar-refractivity contribution is -0.115. The molecule has 1 atom stereocenters. The lowest BCUT2D eigenvalue weighted by Gasteiger charge is -2.11. The number of nitrogens with zero attached hydrogens (tertiary/aromatic N) is 1. The maximum atomic E-state index is 12.7. The molecular weight excluding hydrogens is 470 g/mol. The number of carbonyl (C=O) groups excluding carboxylic acids is 2. The number of thioether (sulfide) groups is 1. The number of benzene rings is 2. The van der Waals surface area contributed by atoms with E-state index in [0.717, 1.165) is 26.7 Å². The number of hydrogen-bond donors (Lipinski definition) is 2. The van der Waals surface area contributed by atoms with E-state index in [0.29, 0.717) is 10.0 Å². The summed E-state index contributed by atoms with van der Waals surface area (Å²) in [6.07, 6.45) is 0. The molecule has 0 saturated carbocycles. The van der Waals surface area contributed by atoms with E-state index < -0.39 is 0 Å². The summed E-state index contributed by atoms with van der Waals surface area (Å²) in [5.74, 6) is -0.221. The Morgan fingerprint density at radius 1 is 0.970 bits per heavy atom.